The Kier molecular flexibility index (Phi) is 3.21. The average molecular weight is 222 g/mol. The van der Waals surface area contributed by atoms with Gasteiger partial charge in [0.25, 0.3) is 0 Å². The standard InChI is InChI=1S/C14H26N2/c1-2-16-12-6-7-13(16)11-14(10-12)15-8-4-3-5-9-15/h12-14H,2-11H2,1H3. The number of rotatable bonds is 2. The third-order valence-corrected chi connectivity index (χ3v) is 5.13. The smallest absolute Gasteiger partial charge is 0.0125 e. The van der Waals surface area contributed by atoms with E-state index in [4.69, 9.17) is 0 Å². The predicted molar refractivity (Wildman–Crippen MR) is 67.6 cm³/mol. The van der Waals surface area contributed by atoms with Crippen LogP contribution in [0.5, 0.6) is 0 Å². The molecular weight excluding hydrogens is 196 g/mol. The molecule has 2 bridgehead atoms. The Labute approximate surface area is 100.0 Å². The van der Waals surface area contributed by atoms with E-state index in [1.807, 2.05) is 0 Å². The van der Waals surface area contributed by atoms with Crippen LogP contribution < -0.4 is 0 Å². The lowest BCUT2D eigenvalue weighted by molar-refractivity contribution is 0.0525. The fourth-order valence-corrected chi connectivity index (χ4v) is 4.34. The van der Waals surface area contributed by atoms with E-state index in [-0.39, 0.29) is 0 Å². The molecule has 2 unspecified atom stereocenters. The molecular formula is C14H26N2. The fourth-order valence-electron chi connectivity index (χ4n) is 4.34. The highest BCUT2D eigenvalue weighted by Gasteiger charge is 2.41. The number of piperidine rings is 2. The molecule has 16 heavy (non-hydrogen) atoms. The lowest BCUT2D eigenvalue weighted by Gasteiger charge is -2.44. The van der Waals surface area contributed by atoms with E-state index in [1.54, 1.807) is 0 Å². The van der Waals surface area contributed by atoms with Crippen molar-refractivity contribution in [1.29, 1.82) is 0 Å². The molecule has 0 spiro atoms. The van der Waals surface area contributed by atoms with Crippen molar-refractivity contribution >= 4 is 0 Å². The van der Waals surface area contributed by atoms with Gasteiger partial charge in [0.15, 0.2) is 0 Å². The normalized spacial score (nSPS) is 41.4. The van der Waals surface area contributed by atoms with Crippen molar-refractivity contribution in [3.8, 4) is 0 Å². The van der Waals surface area contributed by atoms with Crippen LogP contribution in [0.2, 0.25) is 0 Å². The van der Waals surface area contributed by atoms with E-state index in [9.17, 15) is 0 Å². The molecule has 0 N–H and O–H groups in total. The molecule has 3 heterocycles. The quantitative estimate of drug-likeness (QED) is 0.708. The van der Waals surface area contributed by atoms with Crippen molar-refractivity contribution < 1.29 is 0 Å². The third-order valence-electron chi connectivity index (χ3n) is 5.13. The minimum Gasteiger partial charge on any atom is -0.300 e. The first-order valence-corrected chi connectivity index (χ1v) is 7.38. The van der Waals surface area contributed by atoms with Crippen molar-refractivity contribution in [3.63, 3.8) is 0 Å². The van der Waals surface area contributed by atoms with Gasteiger partial charge >= 0.3 is 0 Å². The molecule has 3 fully saturated rings. The second-order valence-corrected chi connectivity index (χ2v) is 5.94. The summed E-state index contributed by atoms with van der Waals surface area (Å²) in [4.78, 5) is 5.59. The maximum absolute atomic E-state index is 2.81. The maximum atomic E-state index is 2.81. The third kappa shape index (κ3) is 1.91. The number of hydrogen-bond donors (Lipinski definition) is 0. The van der Waals surface area contributed by atoms with E-state index in [2.05, 4.69) is 16.7 Å². The van der Waals surface area contributed by atoms with Crippen LogP contribution in [0, 0.1) is 0 Å². The molecule has 0 aromatic heterocycles. The molecule has 3 rings (SSSR count). The van der Waals surface area contributed by atoms with Gasteiger partial charge in [0, 0.05) is 18.1 Å². The van der Waals surface area contributed by atoms with Crippen molar-refractivity contribution in [1.82, 2.24) is 9.80 Å². The van der Waals surface area contributed by atoms with Crippen LogP contribution in [-0.2, 0) is 0 Å². The van der Waals surface area contributed by atoms with Gasteiger partial charge in [-0.3, -0.25) is 4.90 Å². The van der Waals surface area contributed by atoms with Crippen LogP contribution in [0.25, 0.3) is 0 Å². The molecule has 0 aliphatic carbocycles. The highest BCUT2D eigenvalue weighted by molar-refractivity contribution is 4.98. The van der Waals surface area contributed by atoms with Gasteiger partial charge in [-0.2, -0.15) is 0 Å². The van der Waals surface area contributed by atoms with Crippen LogP contribution in [0.1, 0.15) is 51.9 Å². The number of nitrogens with zero attached hydrogens (tertiary/aromatic N) is 2. The average Bonchev–Trinajstić information content (AvgIpc) is 2.59. The summed E-state index contributed by atoms with van der Waals surface area (Å²) in [5.74, 6) is 0. The van der Waals surface area contributed by atoms with Crippen LogP contribution in [0.15, 0.2) is 0 Å². The zero-order valence-corrected chi connectivity index (χ0v) is 10.7. The molecule has 0 radical (unpaired) electrons. The van der Waals surface area contributed by atoms with Crippen LogP contribution in [0.3, 0.4) is 0 Å². The Morgan fingerprint density at radius 3 is 2.06 bits per heavy atom. The lowest BCUT2D eigenvalue weighted by Crippen LogP contribution is -2.51. The molecule has 0 aromatic rings. The first-order valence-electron chi connectivity index (χ1n) is 7.38. The summed E-state index contributed by atoms with van der Waals surface area (Å²) >= 11 is 0. The van der Waals surface area contributed by atoms with Crippen molar-refractivity contribution in [2.45, 2.75) is 70.0 Å². The van der Waals surface area contributed by atoms with Gasteiger partial charge in [-0.15, -0.1) is 0 Å². The zero-order valence-electron chi connectivity index (χ0n) is 10.7. The SMILES string of the molecule is CCN1C2CCC1CC(N1CCCCC1)C2. The van der Waals surface area contributed by atoms with Crippen LogP contribution in [0.4, 0.5) is 0 Å². The van der Waals surface area contributed by atoms with Gasteiger partial charge in [0.05, 0.1) is 0 Å². The summed E-state index contributed by atoms with van der Waals surface area (Å²) in [5.41, 5.74) is 0. The molecule has 3 aliphatic rings. The van der Waals surface area contributed by atoms with E-state index in [0.717, 1.165) is 18.1 Å². The molecule has 2 nitrogen and oxygen atoms in total. The molecule has 0 aromatic carbocycles. The molecule has 92 valence electrons. The molecule has 3 saturated heterocycles. The summed E-state index contributed by atoms with van der Waals surface area (Å²) < 4.78 is 0. The van der Waals surface area contributed by atoms with Crippen LogP contribution in [-0.4, -0.2) is 47.6 Å². The molecule has 3 aliphatic heterocycles. The molecule has 0 saturated carbocycles. The predicted octanol–water partition coefficient (Wildman–Crippen LogP) is 2.49. The van der Waals surface area contributed by atoms with Gasteiger partial charge in [0.2, 0.25) is 0 Å². The highest BCUT2D eigenvalue weighted by atomic mass is 15.3. The van der Waals surface area contributed by atoms with Gasteiger partial charge < -0.3 is 4.90 Å². The Morgan fingerprint density at radius 1 is 0.875 bits per heavy atom. The summed E-state index contributed by atoms with van der Waals surface area (Å²) in [6, 6.07) is 2.78. The minimum atomic E-state index is 0.927. The van der Waals surface area contributed by atoms with Crippen molar-refractivity contribution in [2.75, 3.05) is 19.6 Å². The number of fused-ring (bicyclic) bond motifs is 2. The topological polar surface area (TPSA) is 6.48 Å². The highest BCUT2D eigenvalue weighted by Crippen LogP contribution is 2.37. The summed E-state index contributed by atoms with van der Waals surface area (Å²) in [5, 5.41) is 0. The first-order chi connectivity index (χ1) is 7.88. The van der Waals surface area contributed by atoms with Crippen molar-refractivity contribution in [2.24, 2.45) is 0 Å². The maximum Gasteiger partial charge on any atom is 0.0125 e. The van der Waals surface area contributed by atoms with Gasteiger partial charge in [-0.25, -0.2) is 0 Å². The van der Waals surface area contributed by atoms with Gasteiger partial charge in [-0.1, -0.05) is 13.3 Å². The number of likely N-dealkylation sites (tertiary alicyclic amines) is 1. The fraction of sp³-hybridized carbons (Fsp3) is 1.00. The van der Waals surface area contributed by atoms with E-state index in [0.29, 0.717) is 0 Å². The monoisotopic (exact) mass is 222 g/mol. The molecule has 2 atom stereocenters. The Morgan fingerprint density at radius 2 is 1.50 bits per heavy atom. The van der Waals surface area contributed by atoms with Gasteiger partial charge in [0.1, 0.15) is 0 Å². The van der Waals surface area contributed by atoms with Gasteiger partial charge in [-0.05, 0) is 58.2 Å². The zero-order chi connectivity index (χ0) is 11.0. The summed E-state index contributed by atoms with van der Waals surface area (Å²) in [6.45, 7) is 6.39. The molecule has 2 heteroatoms. The Balaban J connectivity index is 1.63. The largest absolute Gasteiger partial charge is 0.300 e. The van der Waals surface area contributed by atoms with E-state index >= 15 is 0 Å². The van der Waals surface area contributed by atoms with Crippen molar-refractivity contribution in [3.05, 3.63) is 0 Å². The first kappa shape index (κ1) is 11.0. The second-order valence-electron chi connectivity index (χ2n) is 5.94. The van der Waals surface area contributed by atoms with E-state index in [1.165, 1.54) is 64.6 Å². The van der Waals surface area contributed by atoms with E-state index < -0.39 is 0 Å². The lowest BCUT2D eigenvalue weighted by atomic mass is 9.94. The Hall–Kier alpha value is -0.0800. The minimum absolute atomic E-state index is 0.927. The Bertz CT molecular complexity index is 221. The molecule has 0 amide bonds. The second kappa shape index (κ2) is 4.66. The summed E-state index contributed by atoms with van der Waals surface area (Å²) in [6.07, 6.45) is 10.2. The number of hydrogen-bond acceptors (Lipinski definition) is 2. The van der Waals surface area contributed by atoms with Crippen LogP contribution >= 0.6 is 0 Å². The summed E-state index contributed by atoms with van der Waals surface area (Å²) in [7, 11) is 0.